The number of aliphatic imine (C=N–C) groups is 1. The van der Waals surface area contributed by atoms with E-state index in [1.165, 1.54) is 0 Å². The Kier molecular flexibility index (Phi) is 6.64. The van der Waals surface area contributed by atoms with Gasteiger partial charge in [0.2, 0.25) is 0 Å². The molecule has 0 amide bonds. The zero-order valence-corrected chi connectivity index (χ0v) is 16.2. The summed E-state index contributed by atoms with van der Waals surface area (Å²) in [6.45, 7) is 4.61. The Labute approximate surface area is 160 Å². The summed E-state index contributed by atoms with van der Waals surface area (Å²) >= 11 is 0. The van der Waals surface area contributed by atoms with Gasteiger partial charge in [0.1, 0.15) is 11.6 Å². The highest BCUT2D eigenvalue weighted by molar-refractivity contribution is 5.79. The van der Waals surface area contributed by atoms with Gasteiger partial charge in [-0.15, -0.1) is 10.2 Å². The number of nitrogens with zero attached hydrogens (tertiary/aromatic N) is 4. The summed E-state index contributed by atoms with van der Waals surface area (Å²) in [4.78, 5) is 4.71. The Balaban J connectivity index is 1.64. The van der Waals surface area contributed by atoms with Crippen LogP contribution in [0.3, 0.4) is 0 Å². The molecule has 8 nitrogen and oxygen atoms in total. The van der Waals surface area contributed by atoms with Crippen LogP contribution in [0.1, 0.15) is 30.1 Å². The van der Waals surface area contributed by atoms with Gasteiger partial charge in [-0.2, -0.15) is 0 Å². The van der Waals surface area contributed by atoms with E-state index in [4.69, 9.17) is 14.5 Å². The molecule has 3 rings (SSSR count). The standard InChI is InChI=1S/C19H28N6O2/c1-14-23-24-18(25(14)2)13-22-19(21-12-17-8-5-9-27-17)20-11-15-6-4-7-16(10-15)26-3/h4,6-7,10,17H,5,8-9,11-13H2,1-3H3,(H2,20,21,22). The summed E-state index contributed by atoms with van der Waals surface area (Å²) < 4.78 is 12.9. The third kappa shape index (κ3) is 5.43. The largest absolute Gasteiger partial charge is 0.497 e. The monoisotopic (exact) mass is 372 g/mol. The zero-order valence-electron chi connectivity index (χ0n) is 16.2. The quantitative estimate of drug-likeness (QED) is 0.567. The molecule has 2 heterocycles. The highest BCUT2D eigenvalue weighted by Gasteiger charge is 2.16. The fourth-order valence-electron chi connectivity index (χ4n) is 2.90. The molecule has 0 aliphatic carbocycles. The molecule has 1 aromatic heterocycles. The number of guanidine groups is 1. The van der Waals surface area contributed by atoms with Crippen LogP contribution in [-0.2, 0) is 24.9 Å². The van der Waals surface area contributed by atoms with Gasteiger partial charge in [0, 0.05) is 20.2 Å². The fourth-order valence-corrected chi connectivity index (χ4v) is 2.90. The average molecular weight is 372 g/mol. The highest BCUT2D eigenvalue weighted by atomic mass is 16.5. The maximum Gasteiger partial charge on any atom is 0.192 e. The Morgan fingerprint density at radius 3 is 2.96 bits per heavy atom. The number of hydrogen-bond donors (Lipinski definition) is 2. The molecular weight excluding hydrogens is 344 g/mol. The third-order valence-electron chi connectivity index (χ3n) is 4.67. The van der Waals surface area contributed by atoms with Crippen LogP contribution in [-0.4, -0.2) is 47.1 Å². The molecule has 146 valence electrons. The van der Waals surface area contributed by atoms with Gasteiger partial charge < -0.3 is 24.7 Å². The fraction of sp³-hybridized carbons (Fsp3) is 0.526. The van der Waals surface area contributed by atoms with Crippen LogP contribution in [0.5, 0.6) is 5.75 Å². The van der Waals surface area contributed by atoms with Gasteiger partial charge >= 0.3 is 0 Å². The van der Waals surface area contributed by atoms with Crippen LogP contribution in [0, 0.1) is 6.92 Å². The van der Waals surface area contributed by atoms with Gasteiger partial charge in [-0.25, -0.2) is 4.99 Å². The molecule has 0 saturated carbocycles. The van der Waals surface area contributed by atoms with E-state index in [1.807, 2.05) is 42.8 Å². The molecule has 8 heteroatoms. The predicted octanol–water partition coefficient (Wildman–Crippen LogP) is 1.55. The Bertz CT molecular complexity index is 767. The minimum atomic E-state index is 0.242. The lowest BCUT2D eigenvalue weighted by Crippen LogP contribution is -2.41. The molecule has 1 saturated heterocycles. The van der Waals surface area contributed by atoms with Crippen molar-refractivity contribution < 1.29 is 9.47 Å². The predicted molar refractivity (Wildman–Crippen MR) is 104 cm³/mol. The van der Waals surface area contributed by atoms with Gasteiger partial charge in [-0.3, -0.25) is 0 Å². The number of nitrogens with one attached hydrogen (secondary N) is 2. The second-order valence-electron chi connectivity index (χ2n) is 6.61. The van der Waals surface area contributed by atoms with Crippen molar-refractivity contribution in [3.05, 3.63) is 41.5 Å². The first kappa shape index (κ1) is 19.2. The van der Waals surface area contributed by atoms with Gasteiger partial charge in [0.25, 0.3) is 0 Å². The summed E-state index contributed by atoms with van der Waals surface area (Å²) in [5, 5.41) is 15.0. The molecule has 2 aromatic rings. The van der Waals surface area contributed by atoms with Crippen LogP contribution in [0.2, 0.25) is 0 Å². The summed E-state index contributed by atoms with van der Waals surface area (Å²) in [7, 11) is 3.63. The number of aryl methyl sites for hydroxylation is 1. The topological polar surface area (TPSA) is 85.6 Å². The van der Waals surface area contributed by atoms with E-state index in [0.717, 1.165) is 54.9 Å². The number of rotatable bonds is 7. The van der Waals surface area contributed by atoms with Crippen LogP contribution in [0.4, 0.5) is 0 Å². The van der Waals surface area contributed by atoms with E-state index in [0.29, 0.717) is 13.1 Å². The van der Waals surface area contributed by atoms with Crippen LogP contribution < -0.4 is 15.4 Å². The lowest BCUT2D eigenvalue weighted by Gasteiger charge is -2.15. The van der Waals surface area contributed by atoms with E-state index in [1.54, 1.807) is 7.11 Å². The van der Waals surface area contributed by atoms with E-state index >= 15 is 0 Å². The van der Waals surface area contributed by atoms with Crippen LogP contribution in [0.15, 0.2) is 29.3 Å². The summed E-state index contributed by atoms with van der Waals surface area (Å²) in [6.07, 6.45) is 2.44. The molecule has 0 radical (unpaired) electrons. The minimum Gasteiger partial charge on any atom is -0.497 e. The maximum atomic E-state index is 5.69. The lowest BCUT2D eigenvalue weighted by molar-refractivity contribution is 0.113. The van der Waals surface area contributed by atoms with Crippen molar-refractivity contribution in [3.8, 4) is 5.75 Å². The molecule has 1 fully saturated rings. The smallest absolute Gasteiger partial charge is 0.192 e. The average Bonchev–Trinajstić information content (AvgIpc) is 3.32. The van der Waals surface area contributed by atoms with Gasteiger partial charge in [-0.05, 0) is 37.5 Å². The van der Waals surface area contributed by atoms with Crippen molar-refractivity contribution in [2.75, 3.05) is 20.3 Å². The van der Waals surface area contributed by atoms with Crippen molar-refractivity contribution in [1.29, 1.82) is 0 Å². The summed E-state index contributed by atoms with van der Waals surface area (Å²) in [6, 6.07) is 7.93. The number of aromatic nitrogens is 3. The van der Waals surface area contributed by atoms with Crippen LogP contribution in [0.25, 0.3) is 0 Å². The van der Waals surface area contributed by atoms with Crippen molar-refractivity contribution in [2.45, 2.75) is 39.0 Å². The minimum absolute atomic E-state index is 0.242. The molecule has 1 aromatic carbocycles. The maximum absolute atomic E-state index is 5.69. The normalized spacial score (nSPS) is 17.1. The molecular formula is C19H28N6O2. The first-order valence-electron chi connectivity index (χ1n) is 9.27. The molecule has 2 N–H and O–H groups in total. The first-order chi connectivity index (χ1) is 13.2. The molecule has 1 unspecified atom stereocenters. The van der Waals surface area contributed by atoms with Gasteiger partial charge in [-0.1, -0.05) is 12.1 Å². The highest BCUT2D eigenvalue weighted by Crippen LogP contribution is 2.13. The van der Waals surface area contributed by atoms with Crippen molar-refractivity contribution in [3.63, 3.8) is 0 Å². The molecule has 1 aliphatic heterocycles. The van der Waals surface area contributed by atoms with E-state index in [-0.39, 0.29) is 6.10 Å². The molecule has 27 heavy (non-hydrogen) atoms. The Morgan fingerprint density at radius 1 is 1.37 bits per heavy atom. The van der Waals surface area contributed by atoms with Crippen molar-refractivity contribution >= 4 is 5.96 Å². The summed E-state index contributed by atoms with van der Waals surface area (Å²) in [5.41, 5.74) is 1.09. The number of ether oxygens (including phenoxy) is 2. The Hall–Kier alpha value is -2.61. The van der Waals surface area contributed by atoms with Crippen molar-refractivity contribution in [2.24, 2.45) is 12.0 Å². The number of methoxy groups -OCH3 is 1. The van der Waals surface area contributed by atoms with Crippen LogP contribution >= 0.6 is 0 Å². The van der Waals surface area contributed by atoms with Gasteiger partial charge in [0.05, 0.1) is 26.3 Å². The molecule has 0 bridgehead atoms. The second-order valence-corrected chi connectivity index (χ2v) is 6.61. The zero-order chi connectivity index (χ0) is 19.1. The second kappa shape index (κ2) is 9.36. The Morgan fingerprint density at radius 2 is 2.26 bits per heavy atom. The SMILES string of the molecule is COc1cccc(CN=C(NCc2nnc(C)n2C)NCC2CCCO2)c1. The molecule has 1 atom stereocenters. The number of hydrogen-bond acceptors (Lipinski definition) is 5. The van der Waals surface area contributed by atoms with E-state index in [2.05, 4.69) is 20.8 Å². The van der Waals surface area contributed by atoms with E-state index in [9.17, 15) is 0 Å². The van der Waals surface area contributed by atoms with Crippen molar-refractivity contribution in [1.82, 2.24) is 25.4 Å². The van der Waals surface area contributed by atoms with Gasteiger partial charge in [0.15, 0.2) is 11.8 Å². The first-order valence-corrected chi connectivity index (χ1v) is 9.27. The molecule has 0 spiro atoms. The molecule has 1 aliphatic rings. The lowest BCUT2D eigenvalue weighted by atomic mass is 10.2. The summed E-state index contributed by atoms with van der Waals surface area (Å²) in [5.74, 6) is 3.31. The van der Waals surface area contributed by atoms with E-state index < -0.39 is 0 Å². The third-order valence-corrected chi connectivity index (χ3v) is 4.67. The number of benzene rings is 1.